The van der Waals surface area contributed by atoms with E-state index in [2.05, 4.69) is 20.3 Å². The van der Waals surface area contributed by atoms with Crippen molar-refractivity contribution in [2.45, 2.75) is 26.8 Å². The Hall–Kier alpha value is -2.37. The first-order valence-electron chi connectivity index (χ1n) is 6.64. The predicted octanol–water partition coefficient (Wildman–Crippen LogP) is 2.44. The smallest absolute Gasteiger partial charge is 0.204 e. The summed E-state index contributed by atoms with van der Waals surface area (Å²) in [5.41, 5.74) is 2.85. The highest BCUT2D eigenvalue weighted by molar-refractivity contribution is 5.77. The number of nitrogens with one attached hydrogen (secondary N) is 1. The fourth-order valence-corrected chi connectivity index (χ4v) is 2.16. The maximum Gasteiger partial charge on any atom is 0.204 e. The standard InChI is InChI=1S/C14H17N5O/c1-4-13-17-9(2)12(20-13)8-16-14-18-10-5-6-15-7-11(10)19(14)3/h5-7H,4,8H2,1-3H3,(H,16,18). The molecule has 0 aliphatic rings. The molecule has 104 valence electrons. The van der Waals surface area contributed by atoms with Gasteiger partial charge >= 0.3 is 0 Å². The quantitative estimate of drug-likeness (QED) is 0.789. The molecule has 6 heteroatoms. The van der Waals surface area contributed by atoms with Crippen LogP contribution in [0.4, 0.5) is 5.95 Å². The molecule has 1 N–H and O–H groups in total. The fraction of sp³-hybridized carbons (Fsp3) is 0.357. The van der Waals surface area contributed by atoms with Crippen LogP contribution >= 0.6 is 0 Å². The third kappa shape index (κ3) is 2.13. The van der Waals surface area contributed by atoms with Crippen LogP contribution in [0.5, 0.6) is 0 Å². The number of rotatable bonds is 4. The van der Waals surface area contributed by atoms with Crippen molar-refractivity contribution in [2.75, 3.05) is 5.32 Å². The van der Waals surface area contributed by atoms with Crippen molar-refractivity contribution in [1.29, 1.82) is 0 Å². The highest BCUT2D eigenvalue weighted by atomic mass is 16.4. The topological polar surface area (TPSA) is 68.8 Å². The number of oxazole rings is 1. The van der Waals surface area contributed by atoms with Gasteiger partial charge in [0.25, 0.3) is 0 Å². The molecule has 3 aromatic rings. The van der Waals surface area contributed by atoms with Crippen LogP contribution in [0.15, 0.2) is 22.9 Å². The lowest BCUT2D eigenvalue weighted by molar-refractivity contribution is 0.464. The van der Waals surface area contributed by atoms with Crippen LogP contribution in [0.1, 0.15) is 24.3 Å². The highest BCUT2D eigenvalue weighted by Crippen LogP contribution is 2.18. The zero-order valence-corrected chi connectivity index (χ0v) is 11.8. The van der Waals surface area contributed by atoms with Crippen molar-refractivity contribution in [3.05, 3.63) is 35.8 Å². The summed E-state index contributed by atoms with van der Waals surface area (Å²) in [5.74, 6) is 2.42. The maximum absolute atomic E-state index is 5.68. The summed E-state index contributed by atoms with van der Waals surface area (Å²) in [4.78, 5) is 13.0. The number of imidazole rings is 1. The molecule has 0 radical (unpaired) electrons. The van der Waals surface area contributed by atoms with Crippen LogP contribution in [0.3, 0.4) is 0 Å². The Bertz CT molecular complexity index is 743. The van der Waals surface area contributed by atoms with E-state index in [1.165, 1.54) is 0 Å². The summed E-state index contributed by atoms with van der Waals surface area (Å²) in [6, 6.07) is 1.90. The monoisotopic (exact) mass is 271 g/mol. The summed E-state index contributed by atoms with van der Waals surface area (Å²) in [6.45, 7) is 4.56. The molecule has 0 atom stereocenters. The van der Waals surface area contributed by atoms with Crippen molar-refractivity contribution in [3.63, 3.8) is 0 Å². The van der Waals surface area contributed by atoms with Gasteiger partial charge in [-0.15, -0.1) is 0 Å². The SMILES string of the molecule is CCc1nc(C)c(CNc2nc3ccncc3n2C)o1. The molecule has 0 amide bonds. The predicted molar refractivity (Wildman–Crippen MR) is 76.5 cm³/mol. The lowest BCUT2D eigenvalue weighted by Crippen LogP contribution is -2.05. The van der Waals surface area contributed by atoms with Crippen LogP contribution in [0.25, 0.3) is 11.0 Å². The first-order chi connectivity index (χ1) is 9.69. The Morgan fingerprint density at radius 3 is 2.90 bits per heavy atom. The van der Waals surface area contributed by atoms with E-state index in [0.717, 1.165) is 40.7 Å². The average Bonchev–Trinajstić information content (AvgIpc) is 2.98. The molecule has 3 rings (SSSR count). The van der Waals surface area contributed by atoms with Gasteiger partial charge in [-0.3, -0.25) is 4.98 Å². The Morgan fingerprint density at radius 1 is 1.35 bits per heavy atom. The Morgan fingerprint density at radius 2 is 2.20 bits per heavy atom. The molecule has 0 saturated carbocycles. The van der Waals surface area contributed by atoms with Gasteiger partial charge < -0.3 is 14.3 Å². The lowest BCUT2D eigenvalue weighted by atomic mass is 10.4. The van der Waals surface area contributed by atoms with E-state index in [9.17, 15) is 0 Å². The van der Waals surface area contributed by atoms with Gasteiger partial charge in [0.1, 0.15) is 5.76 Å². The van der Waals surface area contributed by atoms with Crippen molar-refractivity contribution < 1.29 is 4.42 Å². The summed E-state index contributed by atoms with van der Waals surface area (Å²) < 4.78 is 7.66. The van der Waals surface area contributed by atoms with E-state index >= 15 is 0 Å². The second-order valence-corrected chi connectivity index (χ2v) is 4.68. The van der Waals surface area contributed by atoms with Gasteiger partial charge in [0.15, 0.2) is 5.89 Å². The molecule has 20 heavy (non-hydrogen) atoms. The number of hydrogen-bond acceptors (Lipinski definition) is 5. The molecule has 0 saturated heterocycles. The van der Waals surface area contributed by atoms with Gasteiger partial charge in [-0.1, -0.05) is 6.92 Å². The molecular weight excluding hydrogens is 254 g/mol. The van der Waals surface area contributed by atoms with E-state index in [1.807, 2.05) is 37.7 Å². The minimum atomic E-state index is 0.573. The van der Waals surface area contributed by atoms with Gasteiger partial charge in [0.05, 0.1) is 29.5 Å². The molecule has 3 heterocycles. The second kappa shape index (κ2) is 4.96. The van der Waals surface area contributed by atoms with E-state index in [-0.39, 0.29) is 0 Å². The molecule has 0 aliphatic carbocycles. The summed E-state index contributed by atoms with van der Waals surface area (Å²) >= 11 is 0. The van der Waals surface area contributed by atoms with Crippen molar-refractivity contribution in [2.24, 2.45) is 7.05 Å². The molecule has 3 aromatic heterocycles. The van der Waals surface area contributed by atoms with Gasteiger partial charge in [0, 0.05) is 19.7 Å². The Kier molecular flexibility index (Phi) is 3.14. The molecule has 0 unspecified atom stereocenters. The first kappa shape index (κ1) is 12.7. The number of anilines is 1. The Labute approximate surface area is 116 Å². The van der Waals surface area contributed by atoms with Crippen LogP contribution in [0.2, 0.25) is 0 Å². The van der Waals surface area contributed by atoms with E-state index in [1.54, 1.807) is 6.20 Å². The van der Waals surface area contributed by atoms with E-state index in [0.29, 0.717) is 6.54 Å². The molecular formula is C14H17N5O. The van der Waals surface area contributed by atoms with Crippen molar-refractivity contribution in [3.8, 4) is 0 Å². The summed E-state index contributed by atoms with van der Waals surface area (Å²) in [7, 11) is 1.96. The number of aryl methyl sites for hydroxylation is 3. The third-order valence-corrected chi connectivity index (χ3v) is 3.33. The van der Waals surface area contributed by atoms with Crippen LogP contribution in [0, 0.1) is 6.92 Å². The minimum absolute atomic E-state index is 0.573. The molecule has 0 bridgehead atoms. The molecule has 0 spiro atoms. The summed E-state index contributed by atoms with van der Waals surface area (Å²) in [6.07, 6.45) is 4.36. The number of pyridine rings is 1. The number of hydrogen-bond donors (Lipinski definition) is 1. The first-order valence-corrected chi connectivity index (χ1v) is 6.64. The van der Waals surface area contributed by atoms with Crippen LogP contribution < -0.4 is 5.32 Å². The normalized spacial score (nSPS) is 11.2. The van der Waals surface area contributed by atoms with Crippen LogP contribution in [-0.4, -0.2) is 19.5 Å². The van der Waals surface area contributed by atoms with Crippen molar-refractivity contribution in [1.82, 2.24) is 19.5 Å². The molecule has 0 fully saturated rings. The van der Waals surface area contributed by atoms with Crippen LogP contribution in [-0.2, 0) is 20.0 Å². The number of aromatic nitrogens is 4. The number of nitrogens with zero attached hydrogens (tertiary/aromatic N) is 4. The third-order valence-electron chi connectivity index (χ3n) is 3.33. The fourth-order valence-electron chi connectivity index (χ4n) is 2.16. The lowest BCUT2D eigenvalue weighted by Gasteiger charge is -2.04. The second-order valence-electron chi connectivity index (χ2n) is 4.68. The van der Waals surface area contributed by atoms with E-state index < -0.39 is 0 Å². The summed E-state index contributed by atoms with van der Waals surface area (Å²) in [5, 5.41) is 3.29. The zero-order valence-electron chi connectivity index (χ0n) is 11.8. The molecule has 0 aliphatic heterocycles. The largest absolute Gasteiger partial charge is 0.444 e. The average molecular weight is 271 g/mol. The maximum atomic E-state index is 5.68. The van der Waals surface area contributed by atoms with E-state index in [4.69, 9.17) is 4.42 Å². The Balaban J connectivity index is 1.83. The van der Waals surface area contributed by atoms with Crippen molar-refractivity contribution >= 4 is 17.0 Å². The number of fused-ring (bicyclic) bond motifs is 1. The minimum Gasteiger partial charge on any atom is -0.444 e. The zero-order chi connectivity index (χ0) is 14.1. The van der Waals surface area contributed by atoms with Gasteiger partial charge in [-0.25, -0.2) is 9.97 Å². The molecule has 0 aromatic carbocycles. The highest BCUT2D eigenvalue weighted by Gasteiger charge is 2.11. The molecule has 6 nitrogen and oxygen atoms in total. The van der Waals surface area contributed by atoms with Gasteiger partial charge in [-0.05, 0) is 13.0 Å². The van der Waals surface area contributed by atoms with Gasteiger partial charge in [0.2, 0.25) is 5.95 Å². The van der Waals surface area contributed by atoms with Gasteiger partial charge in [-0.2, -0.15) is 0 Å².